The molecular formula is C20H20F2N2O4S. The maximum atomic E-state index is 14.1. The monoisotopic (exact) mass is 422 g/mol. The Labute approximate surface area is 168 Å². The van der Waals surface area contributed by atoms with Gasteiger partial charge in [0.1, 0.15) is 5.82 Å². The number of hydrogen-bond acceptors (Lipinski definition) is 6. The fraction of sp³-hybridized carbons (Fsp3) is 0.200. The topological polar surface area (TPSA) is 67.9 Å². The molecule has 0 unspecified atom stereocenters. The molecule has 0 aromatic heterocycles. The van der Waals surface area contributed by atoms with E-state index in [0.29, 0.717) is 23.4 Å². The molecular weight excluding hydrogens is 402 g/mol. The van der Waals surface area contributed by atoms with Crippen LogP contribution in [0.1, 0.15) is 11.1 Å². The minimum atomic E-state index is -3.63. The lowest BCUT2D eigenvalue weighted by molar-refractivity contribution is 0.299. The van der Waals surface area contributed by atoms with Gasteiger partial charge in [-0.05, 0) is 47.5 Å². The summed E-state index contributed by atoms with van der Waals surface area (Å²) >= 11 is 0. The molecule has 2 aromatic carbocycles. The van der Waals surface area contributed by atoms with E-state index in [-0.39, 0.29) is 18.2 Å². The smallest absolute Gasteiger partial charge is 0.264 e. The van der Waals surface area contributed by atoms with Crippen LogP contribution in [0.15, 0.2) is 60.3 Å². The molecule has 0 fully saturated rings. The highest BCUT2D eigenvalue weighted by molar-refractivity contribution is 7.86. The number of ether oxygens (including phenoxy) is 1. The molecule has 1 aliphatic rings. The van der Waals surface area contributed by atoms with Crippen molar-refractivity contribution in [3.63, 3.8) is 0 Å². The van der Waals surface area contributed by atoms with Gasteiger partial charge in [0.25, 0.3) is 10.1 Å². The number of halogens is 2. The largest absolute Gasteiger partial charge is 0.494 e. The molecule has 1 aliphatic heterocycles. The van der Waals surface area contributed by atoms with E-state index in [0.717, 1.165) is 11.8 Å². The van der Waals surface area contributed by atoms with Gasteiger partial charge in [0.15, 0.2) is 11.6 Å². The highest BCUT2D eigenvalue weighted by atomic mass is 32.2. The van der Waals surface area contributed by atoms with E-state index in [1.165, 1.54) is 31.4 Å². The van der Waals surface area contributed by atoms with Gasteiger partial charge in [0, 0.05) is 11.8 Å². The molecule has 0 aliphatic carbocycles. The molecule has 0 saturated carbocycles. The summed E-state index contributed by atoms with van der Waals surface area (Å²) in [6.07, 6.45) is 4.32. The highest BCUT2D eigenvalue weighted by Crippen LogP contribution is 2.25. The summed E-state index contributed by atoms with van der Waals surface area (Å²) in [5.74, 6) is -0.752. The van der Waals surface area contributed by atoms with E-state index in [2.05, 4.69) is 5.43 Å². The van der Waals surface area contributed by atoms with Crippen molar-refractivity contribution in [2.24, 2.45) is 0 Å². The highest BCUT2D eigenvalue weighted by Gasteiger charge is 2.16. The third-order valence-electron chi connectivity index (χ3n) is 4.08. The van der Waals surface area contributed by atoms with Gasteiger partial charge in [0.2, 0.25) is 0 Å². The van der Waals surface area contributed by atoms with Crippen LogP contribution in [-0.2, 0) is 20.8 Å². The number of methoxy groups -OCH3 is 1. The van der Waals surface area contributed by atoms with Gasteiger partial charge in [0.05, 0.1) is 32.2 Å². The van der Waals surface area contributed by atoms with Gasteiger partial charge in [-0.3, -0.25) is 14.6 Å². The van der Waals surface area contributed by atoms with Crippen LogP contribution in [0.25, 0.3) is 5.70 Å². The van der Waals surface area contributed by atoms with Crippen molar-refractivity contribution in [1.82, 2.24) is 10.4 Å². The molecule has 0 spiro atoms. The molecule has 1 heterocycles. The van der Waals surface area contributed by atoms with Gasteiger partial charge >= 0.3 is 0 Å². The second-order valence-corrected chi connectivity index (χ2v) is 8.09. The van der Waals surface area contributed by atoms with Crippen LogP contribution in [0.2, 0.25) is 0 Å². The minimum Gasteiger partial charge on any atom is -0.494 e. The number of hydrazine groups is 1. The third kappa shape index (κ3) is 5.78. The van der Waals surface area contributed by atoms with Crippen LogP contribution < -0.4 is 10.2 Å². The van der Waals surface area contributed by atoms with Crippen LogP contribution in [0.5, 0.6) is 5.75 Å². The van der Waals surface area contributed by atoms with Crippen LogP contribution in [0, 0.1) is 11.6 Å². The Morgan fingerprint density at radius 1 is 1.10 bits per heavy atom. The number of nitrogens with zero attached hydrogens (tertiary/aromatic N) is 1. The quantitative estimate of drug-likeness (QED) is 0.692. The lowest BCUT2D eigenvalue weighted by Crippen LogP contribution is -2.35. The molecule has 1 N–H and O–H groups in total. The van der Waals surface area contributed by atoms with Crippen molar-refractivity contribution in [3.8, 4) is 5.75 Å². The molecule has 0 radical (unpaired) electrons. The van der Waals surface area contributed by atoms with Crippen LogP contribution >= 0.6 is 0 Å². The lowest BCUT2D eigenvalue weighted by atomic mass is 10.1. The van der Waals surface area contributed by atoms with Gasteiger partial charge in [-0.2, -0.15) is 8.42 Å². The van der Waals surface area contributed by atoms with Crippen molar-refractivity contribution in [2.75, 3.05) is 20.0 Å². The molecule has 9 heteroatoms. The van der Waals surface area contributed by atoms with Crippen LogP contribution in [-0.4, -0.2) is 33.4 Å². The second-order valence-electron chi connectivity index (χ2n) is 6.44. The van der Waals surface area contributed by atoms with Crippen molar-refractivity contribution in [2.45, 2.75) is 6.54 Å². The predicted molar refractivity (Wildman–Crippen MR) is 105 cm³/mol. The summed E-state index contributed by atoms with van der Waals surface area (Å²) in [6.45, 7) is 0.182. The zero-order valence-corrected chi connectivity index (χ0v) is 16.7. The fourth-order valence-electron chi connectivity index (χ4n) is 2.75. The minimum absolute atomic E-state index is 0.115. The Morgan fingerprint density at radius 2 is 1.83 bits per heavy atom. The molecule has 0 bridgehead atoms. The van der Waals surface area contributed by atoms with Gasteiger partial charge < -0.3 is 4.74 Å². The van der Waals surface area contributed by atoms with Crippen molar-refractivity contribution >= 4 is 15.8 Å². The van der Waals surface area contributed by atoms with E-state index in [1.807, 2.05) is 0 Å². The maximum absolute atomic E-state index is 14.1. The summed E-state index contributed by atoms with van der Waals surface area (Å²) in [7, 11) is -2.25. The van der Waals surface area contributed by atoms with E-state index in [4.69, 9.17) is 8.92 Å². The zero-order chi connectivity index (χ0) is 21.0. The summed E-state index contributed by atoms with van der Waals surface area (Å²) in [4.78, 5) is 0. The summed E-state index contributed by atoms with van der Waals surface area (Å²) < 4.78 is 59.8. The Morgan fingerprint density at radius 3 is 2.45 bits per heavy atom. The molecule has 29 heavy (non-hydrogen) atoms. The normalized spacial score (nSPS) is 14.1. The Balaban J connectivity index is 1.88. The second kappa shape index (κ2) is 8.62. The summed E-state index contributed by atoms with van der Waals surface area (Å²) in [6, 6.07) is 10.5. The molecule has 0 atom stereocenters. The molecule has 6 nitrogen and oxygen atoms in total. The molecule has 0 amide bonds. The van der Waals surface area contributed by atoms with Gasteiger partial charge in [-0.25, -0.2) is 8.78 Å². The number of rotatable bonds is 7. The average molecular weight is 422 g/mol. The lowest BCUT2D eigenvalue weighted by Gasteiger charge is -2.29. The maximum Gasteiger partial charge on any atom is 0.264 e. The number of hydrogen-bond donors (Lipinski definition) is 1. The number of nitrogens with one attached hydrogen (secondary N) is 1. The third-order valence-corrected chi connectivity index (χ3v) is 4.63. The van der Waals surface area contributed by atoms with Gasteiger partial charge in [-0.15, -0.1) is 0 Å². The molecule has 3 rings (SSSR count). The first kappa shape index (κ1) is 20.8. The summed E-state index contributed by atoms with van der Waals surface area (Å²) in [5, 5.41) is 1.69. The predicted octanol–water partition coefficient (Wildman–Crippen LogP) is 3.19. The standard InChI is InChI=1S/C20H20F2N2O4S/c1-27-20-8-5-16(10-18(20)22)19-9-15(13-28-29(2,25)26)12-24(23-19)11-14-3-6-17(21)7-4-14/h3-10,12,23H,11,13H2,1-2H3. The fourth-order valence-corrected chi connectivity index (χ4v) is 3.10. The van der Waals surface area contributed by atoms with Gasteiger partial charge in [-0.1, -0.05) is 12.1 Å². The average Bonchev–Trinajstić information content (AvgIpc) is 2.67. The Bertz CT molecular complexity index is 1050. The first-order chi connectivity index (χ1) is 13.7. The van der Waals surface area contributed by atoms with Crippen LogP contribution in [0.3, 0.4) is 0 Å². The first-order valence-electron chi connectivity index (χ1n) is 8.62. The molecule has 154 valence electrons. The Kier molecular flexibility index (Phi) is 6.19. The SMILES string of the molecule is COc1ccc(C2=CC(COS(C)(=O)=O)=CN(Cc3ccc(F)cc3)N2)cc1F. The molecule has 2 aromatic rings. The Hall–Kier alpha value is -2.91. The van der Waals surface area contributed by atoms with Crippen molar-refractivity contribution in [3.05, 3.63) is 83.1 Å². The molecule has 0 saturated heterocycles. The van der Waals surface area contributed by atoms with E-state index in [9.17, 15) is 17.2 Å². The van der Waals surface area contributed by atoms with E-state index >= 15 is 0 Å². The number of benzene rings is 2. The van der Waals surface area contributed by atoms with E-state index in [1.54, 1.807) is 35.5 Å². The zero-order valence-electron chi connectivity index (χ0n) is 15.9. The van der Waals surface area contributed by atoms with E-state index < -0.39 is 15.9 Å². The first-order valence-corrected chi connectivity index (χ1v) is 10.4. The van der Waals surface area contributed by atoms with Crippen molar-refractivity contribution < 1.29 is 26.1 Å². The van der Waals surface area contributed by atoms with Crippen molar-refractivity contribution in [1.29, 1.82) is 0 Å². The summed E-state index contributed by atoms with van der Waals surface area (Å²) in [5.41, 5.74) is 5.60. The van der Waals surface area contributed by atoms with Crippen LogP contribution in [0.4, 0.5) is 8.78 Å².